The molecule has 1 fully saturated rings. The second kappa shape index (κ2) is 25.8. The fourth-order valence-corrected chi connectivity index (χ4v) is 6.70. The van der Waals surface area contributed by atoms with Gasteiger partial charge in [0.1, 0.15) is 18.1 Å². The van der Waals surface area contributed by atoms with Crippen LogP contribution in [-0.4, -0.2) is 58.6 Å². The molecule has 2 atom stereocenters. The minimum absolute atomic E-state index is 0. The fraction of sp³-hybridized carbons (Fsp3) is 0.735. The van der Waals surface area contributed by atoms with Crippen molar-refractivity contribution < 1.29 is 35.7 Å². The summed E-state index contributed by atoms with van der Waals surface area (Å²) in [6, 6.07) is 8.03. The second-order valence-corrected chi connectivity index (χ2v) is 13.3. The van der Waals surface area contributed by atoms with E-state index in [1.165, 1.54) is 96.3 Å². The summed E-state index contributed by atoms with van der Waals surface area (Å²) < 4.78 is 32.4. The largest absolute Gasteiger partial charge is 1.00 e. The summed E-state index contributed by atoms with van der Waals surface area (Å²) in [5, 5.41) is 0. The van der Waals surface area contributed by atoms with E-state index in [9.17, 15) is 4.55 Å². The van der Waals surface area contributed by atoms with Crippen LogP contribution in [0.25, 0.3) is 0 Å². The summed E-state index contributed by atoms with van der Waals surface area (Å²) in [5.74, 6) is 1.88. The van der Waals surface area contributed by atoms with Gasteiger partial charge in [-0.15, -0.1) is 0 Å². The van der Waals surface area contributed by atoms with Crippen LogP contribution in [0.3, 0.4) is 0 Å². The first-order chi connectivity index (χ1) is 20.8. The molecule has 0 aromatic carbocycles. The van der Waals surface area contributed by atoms with Gasteiger partial charge >= 0.3 is 6.01 Å². The first-order valence-corrected chi connectivity index (χ1v) is 18.2. The maximum Gasteiger partial charge on any atom is 0.316 e. The maximum atomic E-state index is 12.7. The van der Waals surface area contributed by atoms with Crippen molar-refractivity contribution in [3.05, 3.63) is 49.1 Å². The minimum atomic E-state index is -1.08. The molecule has 0 spiro atoms. The van der Waals surface area contributed by atoms with E-state index in [2.05, 4.69) is 14.5 Å². The van der Waals surface area contributed by atoms with Gasteiger partial charge in [0.2, 0.25) is 0 Å². The summed E-state index contributed by atoms with van der Waals surface area (Å²) in [4.78, 5) is 8.32. The van der Waals surface area contributed by atoms with Gasteiger partial charge in [-0.05, 0) is 29.6 Å². The monoisotopic (exact) mass is 637 g/mol. The van der Waals surface area contributed by atoms with Crippen LogP contribution in [0, 0.1) is 5.92 Å². The summed E-state index contributed by atoms with van der Waals surface area (Å²) >= 11 is -1.08. The third-order valence-electron chi connectivity index (χ3n) is 8.09. The Kier molecular flexibility index (Phi) is 22.7. The molecule has 0 aliphatic heterocycles. The average molecular weight is 638 g/mol. The zero-order valence-corrected chi connectivity index (χ0v) is 27.9. The molecule has 43 heavy (non-hydrogen) atoms. The summed E-state index contributed by atoms with van der Waals surface area (Å²) in [5.41, 5.74) is 0. The highest BCUT2D eigenvalue weighted by Gasteiger charge is 2.20. The van der Waals surface area contributed by atoms with Crippen molar-refractivity contribution in [2.45, 2.75) is 115 Å². The topological polar surface area (TPSA) is 80.4 Å². The fourth-order valence-electron chi connectivity index (χ4n) is 5.65. The van der Waals surface area contributed by atoms with Gasteiger partial charge < -0.3 is 31.2 Å². The van der Waals surface area contributed by atoms with Crippen LogP contribution in [0.2, 0.25) is 0 Å². The smallest absolute Gasteiger partial charge is 0.316 e. The molecule has 244 valence electrons. The van der Waals surface area contributed by atoms with E-state index in [4.69, 9.17) is 14.2 Å². The average Bonchev–Trinajstić information content (AvgIpc) is 3.02. The number of pyridine rings is 1. The third-order valence-corrected chi connectivity index (χ3v) is 9.46. The van der Waals surface area contributed by atoms with Gasteiger partial charge in [-0.3, -0.25) is 0 Å². The standard InChI is InChI=1S/C34H56N3O4S.ClH/c38-42(29-28-39-27-25-37-23-14-10-15-24-37)31-33(41-34-35-21-17-22-36-34)30-40-26-16-8-6-4-2-1-3-5-7-11-18-32-19-12-9-13-20-32;/h10,14-15,17,21-24,32-33H,1-9,11-13,16,18-20,25-31H2;1H/q+1;/p-1. The summed E-state index contributed by atoms with van der Waals surface area (Å²) in [6.07, 6.45) is 29.1. The predicted octanol–water partition coefficient (Wildman–Crippen LogP) is 3.87. The molecule has 1 aliphatic rings. The van der Waals surface area contributed by atoms with Gasteiger partial charge in [-0.2, -0.15) is 0 Å². The molecule has 2 aromatic heterocycles. The van der Waals surface area contributed by atoms with Crippen molar-refractivity contribution in [1.82, 2.24) is 9.97 Å². The number of nitrogens with zero attached hydrogens (tertiary/aromatic N) is 3. The van der Waals surface area contributed by atoms with Crippen molar-refractivity contribution in [2.75, 3.05) is 37.9 Å². The lowest BCUT2D eigenvalue weighted by Gasteiger charge is -2.21. The molecule has 2 unspecified atom stereocenters. The molecular formula is C34H56ClN3O4S. The number of hydrogen-bond donors (Lipinski definition) is 0. The van der Waals surface area contributed by atoms with Gasteiger partial charge in [0.25, 0.3) is 0 Å². The Hall–Kier alpha value is -1.45. The Morgan fingerprint density at radius 2 is 1.42 bits per heavy atom. The molecule has 0 N–H and O–H groups in total. The summed E-state index contributed by atoms with van der Waals surface area (Å²) in [7, 11) is 0. The van der Waals surface area contributed by atoms with Crippen LogP contribution in [-0.2, 0) is 27.2 Å². The number of ether oxygens (including phenoxy) is 3. The zero-order valence-electron chi connectivity index (χ0n) is 26.3. The number of aromatic nitrogens is 3. The predicted molar refractivity (Wildman–Crippen MR) is 170 cm³/mol. The highest BCUT2D eigenvalue weighted by atomic mass is 35.5. The number of halogens is 1. The van der Waals surface area contributed by atoms with E-state index in [0.29, 0.717) is 43.9 Å². The Balaban J connectivity index is 0.00000645. The van der Waals surface area contributed by atoms with Crippen molar-refractivity contribution in [3.63, 3.8) is 0 Å². The molecule has 1 aliphatic carbocycles. The Bertz CT molecular complexity index is 880. The van der Waals surface area contributed by atoms with Crippen LogP contribution in [0.5, 0.6) is 6.01 Å². The van der Waals surface area contributed by atoms with Gasteiger partial charge in [-0.25, -0.2) is 14.5 Å². The van der Waals surface area contributed by atoms with E-state index >= 15 is 0 Å². The van der Waals surface area contributed by atoms with Gasteiger partial charge in [0, 0.05) is 31.1 Å². The molecule has 2 aromatic rings. The molecule has 2 heterocycles. The zero-order chi connectivity index (χ0) is 29.3. The van der Waals surface area contributed by atoms with E-state index in [1.807, 2.05) is 30.6 Å². The van der Waals surface area contributed by atoms with Gasteiger partial charge in [0.15, 0.2) is 25.0 Å². The molecular weight excluding hydrogens is 582 g/mol. The van der Waals surface area contributed by atoms with Gasteiger partial charge in [-0.1, -0.05) is 102 Å². The maximum absolute atomic E-state index is 12.7. The second-order valence-electron chi connectivity index (χ2n) is 11.7. The minimum Gasteiger partial charge on any atom is -1.00 e. The third kappa shape index (κ3) is 19.5. The van der Waals surface area contributed by atoms with Crippen LogP contribution in [0.1, 0.15) is 103 Å². The number of unbranched alkanes of at least 4 members (excludes halogenated alkanes) is 9. The van der Waals surface area contributed by atoms with Crippen molar-refractivity contribution in [3.8, 4) is 6.01 Å². The van der Waals surface area contributed by atoms with E-state index in [0.717, 1.165) is 18.9 Å². The van der Waals surface area contributed by atoms with E-state index in [-0.39, 0.29) is 18.5 Å². The molecule has 0 saturated heterocycles. The molecule has 3 rings (SSSR count). The van der Waals surface area contributed by atoms with E-state index < -0.39 is 11.2 Å². The highest BCUT2D eigenvalue weighted by Crippen LogP contribution is 2.28. The SMILES string of the molecule is [Cl-].[O-][S+](CCOCC[n+]1ccccc1)CC(COCCCCCCCCCCCCC1CCCCC1)Oc1ncccn1. The quantitative estimate of drug-likeness (QED) is 0.0935. The molecule has 0 bridgehead atoms. The Morgan fingerprint density at radius 3 is 2.12 bits per heavy atom. The van der Waals surface area contributed by atoms with Crippen LogP contribution in [0.4, 0.5) is 0 Å². The molecule has 7 nitrogen and oxygen atoms in total. The van der Waals surface area contributed by atoms with Crippen molar-refractivity contribution in [2.24, 2.45) is 5.92 Å². The lowest BCUT2D eigenvalue weighted by atomic mass is 9.85. The Labute approximate surface area is 270 Å². The normalized spacial score (nSPS) is 15.1. The van der Waals surface area contributed by atoms with Crippen LogP contribution in [0.15, 0.2) is 49.1 Å². The molecule has 1 saturated carbocycles. The summed E-state index contributed by atoms with van der Waals surface area (Å²) in [6.45, 7) is 2.90. The van der Waals surface area contributed by atoms with E-state index in [1.54, 1.807) is 18.5 Å². The number of hydrogen-bond acceptors (Lipinski definition) is 6. The first-order valence-electron chi connectivity index (χ1n) is 16.7. The number of rotatable bonds is 25. The molecule has 0 radical (unpaired) electrons. The first kappa shape index (κ1) is 37.7. The highest BCUT2D eigenvalue weighted by molar-refractivity contribution is 7.91. The molecule has 9 heteroatoms. The Morgan fingerprint density at radius 1 is 0.767 bits per heavy atom. The van der Waals surface area contributed by atoms with Crippen LogP contribution >= 0.6 is 0 Å². The molecule has 0 amide bonds. The van der Waals surface area contributed by atoms with Crippen molar-refractivity contribution in [1.29, 1.82) is 0 Å². The lowest BCUT2D eigenvalue weighted by molar-refractivity contribution is -0.698. The lowest BCUT2D eigenvalue weighted by Crippen LogP contribution is -3.00. The van der Waals surface area contributed by atoms with Gasteiger partial charge in [0.05, 0.1) is 13.2 Å². The van der Waals surface area contributed by atoms with Crippen molar-refractivity contribution >= 4 is 11.2 Å². The van der Waals surface area contributed by atoms with Crippen LogP contribution < -0.4 is 21.7 Å².